The zero-order valence-corrected chi connectivity index (χ0v) is 9.83. The summed E-state index contributed by atoms with van der Waals surface area (Å²) in [7, 11) is 3.00. The first-order chi connectivity index (χ1) is 6.56. The number of hydrogen-bond acceptors (Lipinski definition) is 3. The molecular weight excluding hydrogens is 248 g/mol. The van der Waals surface area contributed by atoms with Crippen molar-refractivity contribution in [3.8, 4) is 0 Å². The summed E-state index contributed by atoms with van der Waals surface area (Å²) in [5.41, 5.74) is 1.34. The molecule has 0 radical (unpaired) electrons. The number of amides is 1. The summed E-state index contributed by atoms with van der Waals surface area (Å²) in [4.78, 5) is 20.5. The van der Waals surface area contributed by atoms with Crippen molar-refractivity contribution >= 4 is 21.8 Å². The lowest BCUT2D eigenvalue weighted by atomic mass is 10.2. The summed E-state index contributed by atoms with van der Waals surface area (Å²) in [6.07, 6.45) is 1.60. The molecular formula is C9H11BrN2O2. The minimum atomic E-state index is -0.204. The van der Waals surface area contributed by atoms with Gasteiger partial charge in [-0.25, -0.2) is 5.06 Å². The Labute approximate surface area is 91.0 Å². The van der Waals surface area contributed by atoms with E-state index in [4.69, 9.17) is 4.84 Å². The van der Waals surface area contributed by atoms with Crippen molar-refractivity contribution in [3.63, 3.8) is 0 Å². The van der Waals surface area contributed by atoms with E-state index in [0.29, 0.717) is 10.0 Å². The second-order valence-electron chi connectivity index (χ2n) is 2.79. The van der Waals surface area contributed by atoms with Gasteiger partial charge in [-0.15, -0.1) is 0 Å². The third kappa shape index (κ3) is 2.30. The molecule has 0 bridgehead atoms. The minimum Gasteiger partial charge on any atom is -0.274 e. The van der Waals surface area contributed by atoms with Gasteiger partial charge in [0.15, 0.2) is 0 Å². The molecule has 0 fully saturated rings. The lowest BCUT2D eigenvalue weighted by Gasteiger charge is -2.14. The molecule has 0 saturated heterocycles. The molecule has 0 unspecified atom stereocenters. The number of hydrogen-bond donors (Lipinski definition) is 0. The van der Waals surface area contributed by atoms with Gasteiger partial charge in [-0.3, -0.25) is 14.6 Å². The Kier molecular flexibility index (Phi) is 3.60. The Morgan fingerprint density at radius 3 is 2.86 bits per heavy atom. The number of nitrogens with zero attached hydrogens (tertiary/aromatic N) is 2. The van der Waals surface area contributed by atoms with E-state index < -0.39 is 0 Å². The van der Waals surface area contributed by atoms with Crippen LogP contribution in [0.2, 0.25) is 0 Å². The Hall–Kier alpha value is -0.940. The van der Waals surface area contributed by atoms with Crippen molar-refractivity contribution in [1.29, 1.82) is 0 Å². The quantitative estimate of drug-likeness (QED) is 0.760. The minimum absolute atomic E-state index is 0.204. The number of hydroxylamine groups is 2. The van der Waals surface area contributed by atoms with Crippen LogP contribution in [0.3, 0.4) is 0 Å². The molecule has 1 rings (SSSR count). The summed E-state index contributed by atoms with van der Waals surface area (Å²) in [5, 5.41) is 1.17. The van der Waals surface area contributed by atoms with E-state index in [1.807, 2.05) is 6.92 Å². The molecule has 1 aromatic heterocycles. The highest BCUT2D eigenvalue weighted by Crippen LogP contribution is 2.17. The van der Waals surface area contributed by atoms with E-state index in [1.54, 1.807) is 19.3 Å². The molecule has 0 aliphatic heterocycles. The Balaban J connectivity index is 3.06. The number of pyridine rings is 1. The van der Waals surface area contributed by atoms with Crippen LogP contribution in [0, 0.1) is 6.92 Å². The number of aromatic nitrogens is 1. The maximum atomic E-state index is 11.7. The fourth-order valence-electron chi connectivity index (χ4n) is 0.960. The summed E-state index contributed by atoms with van der Waals surface area (Å²) >= 11 is 3.26. The van der Waals surface area contributed by atoms with Crippen LogP contribution in [0.5, 0.6) is 0 Å². The Morgan fingerprint density at radius 2 is 2.29 bits per heavy atom. The van der Waals surface area contributed by atoms with Crippen LogP contribution in [-0.4, -0.2) is 30.1 Å². The number of aryl methyl sites for hydroxylation is 1. The molecule has 0 atom stereocenters. The summed E-state index contributed by atoms with van der Waals surface area (Å²) < 4.78 is 0.664. The molecule has 4 nitrogen and oxygen atoms in total. The summed E-state index contributed by atoms with van der Waals surface area (Å²) in [6.45, 7) is 1.83. The fraction of sp³-hybridized carbons (Fsp3) is 0.333. The standard InChI is InChI=1S/C9H11BrN2O2/c1-6-4-7(8(10)5-11-6)9(13)12(2)14-3/h4-5H,1-3H3. The van der Waals surface area contributed by atoms with E-state index in [-0.39, 0.29) is 5.91 Å². The van der Waals surface area contributed by atoms with Crippen molar-refractivity contribution in [3.05, 3.63) is 28.0 Å². The SMILES string of the molecule is CON(C)C(=O)c1cc(C)ncc1Br. The molecule has 76 valence electrons. The van der Waals surface area contributed by atoms with Crippen molar-refractivity contribution in [2.45, 2.75) is 6.92 Å². The van der Waals surface area contributed by atoms with Gasteiger partial charge in [-0.1, -0.05) is 0 Å². The summed E-state index contributed by atoms with van der Waals surface area (Å²) in [5.74, 6) is -0.204. The first-order valence-electron chi connectivity index (χ1n) is 4.00. The molecule has 14 heavy (non-hydrogen) atoms. The first-order valence-corrected chi connectivity index (χ1v) is 4.80. The van der Waals surface area contributed by atoms with Crippen molar-refractivity contribution in [2.75, 3.05) is 14.2 Å². The average molecular weight is 259 g/mol. The van der Waals surface area contributed by atoms with Gasteiger partial charge in [-0.2, -0.15) is 0 Å². The predicted molar refractivity (Wildman–Crippen MR) is 55.8 cm³/mol. The van der Waals surface area contributed by atoms with Crippen LogP contribution in [0.1, 0.15) is 16.1 Å². The van der Waals surface area contributed by atoms with E-state index in [0.717, 1.165) is 5.69 Å². The third-order valence-corrected chi connectivity index (χ3v) is 2.41. The van der Waals surface area contributed by atoms with Gasteiger partial charge in [-0.05, 0) is 28.9 Å². The smallest absolute Gasteiger partial charge is 0.274 e. The molecule has 5 heteroatoms. The van der Waals surface area contributed by atoms with Crippen LogP contribution in [0.25, 0.3) is 0 Å². The van der Waals surface area contributed by atoms with Gasteiger partial charge in [0.1, 0.15) is 0 Å². The van der Waals surface area contributed by atoms with Crippen LogP contribution in [0.15, 0.2) is 16.7 Å². The molecule has 1 aromatic rings. The number of halogens is 1. The molecule has 0 aromatic carbocycles. The number of carbonyl (C=O) groups is 1. The van der Waals surface area contributed by atoms with Gasteiger partial charge in [0.25, 0.3) is 5.91 Å². The van der Waals surface area contributed by atoms with E-state index in [2.05, 4.69) is 20.9 Å². The molecule has 0 aliphatic rings. The topological polar surface area (TPSA) is 42.4 Å². The van der Waals surface area contributed by atoms with Crippen molar-refractivity contribution in [1.82, 2.24) is 10.0 Å². The molecule has 1 heterocycles. The highest BCUT2D eigenvalue weighted by molar-refractivity contribution is 9.10. The van der Waals surface area contributed by atoms with E-state index in [9.17, 15) is 4.79 Å². The second-order valence-corrected chi connectivity index (χ2v) is 3.65. The van der Waals surface area contributed by atoms with Gasteiger partial charge in [0, 0.05) is 23.4 Å². The molecule has 0 N–H and O–H groups in total. The summed E-state index contributed by atoms with van der Waals surface area (Å²) in [6, 6.07) is 1.71. The Bertz CT molecular complexity index is 355. The van der Waals surface area contributed by atoms with E-state index >= 15 is 0 Å². The number of carbonyl (C=O) groups excluding carboxylic acids is 1. The fourth-order valence-corrected chi connectivity index (χ4v) is 1.35. The van der Waals surface area contributed by atoms with Crippen molar-refractivity contribution < 1.29 is 9.63 Å². The van der Waals surface area contributed by atoms with Crippen LogP contribution in [-0.2, 0) is 4.84 Å². The lowest BCUT2D eigenvalue weighted by Crippen LogP contribution is -2.25. The van der Waals surface area contributed by atoms with Gasteiger partial charge in [0.05, 0.1) is 12.7 Å². The maximum Gasteiger partial charge on any atom is 0.278 e. The average Bonchev–Trinajstić information content (AvgIpc) is 2.19. The maximum absolute atomic E-state index is 11.7. The second kappa shape index (κ2) is 4.52. The van der Waals surface area contributed by atoms with E-state index in [1.165, 1.54) is 12.2 Å². The Morgan fingerprint density at radius 1 is 1.64 bits per heavy atom. The van der Waals surface area contributed by atoms with Crippen LogP contribution in [0.4, 0.5) is 0 Å². The zero-order valence-electron chi connectivity index (χ0n) is 8.24. The zero-order chi connectivity index (χ0) is 10.7. The monoisotopic (exact) mass is 258 g/mol. The largest absolute Gasteiger partial charge is 0.278 e. The molecule has 0 saturated carbocycles. The molecule has 1 amide bonds. The van der Waals surface area contributed by atoms with Crippen molar-refractivity contribution in [2.24, 2.45) is 0 Å². The van der Waals surface area contributed by atoms with Crippen LogP contribution >= 0.6 is 15.9 Å². The number of rotatable bonds is 2. The van der Waals surface area contributed by atoms with Crippen LogP contribution < -0.4 is 0 Å². The van der Waals surface area contributed by atoms with Gasteiger partial charge in [0.2, 0.25) is 0 Å². The first kappa shape index (κ1) is 11.1. The molecule has 0 spiro atoms. The van der Waals surface area contributed by atoms with Gasteiger partial charge < -0.3 is 0 Å². The highest BCUT2D eigenvalue weighted by atomic mass is 79.9. The normalized spacial score (nSPS) is 10.0. The predicted octanol–water partition coefficient (Wildman–Crippen LogP) is 1.79. The third-order valence-electron chi connectivity index (χ3n) is 1.78. The molecule has 0 aliphatic carbocycles. The highest BCUT2D eigenvalue weighted by Gasteiger charge is 2.14. The lowest BCUT2D eigenvalue weighted by molar-refractivity contribution is -0.0757. The van der Waals surface area contributed by atoms with Gasteiger partial charge >= 0.3 is 0 Å².